The molecule has 0 unspecified atom stereocenters. The summed E-state index contributed by atoms with van der Waals surface area (Å²) in [5, 5.41) is 20.3. The molecule has 0 aliphatic rings. The summed E-state index contributed by atoms with van der Waals surface area (Å²) in [5.41, 5.74) is 1.34. The Labute approximate surface area is 100 Å². The molecule has 1 rings (SSSR count). The van der Waals surface area contributed by atoms with Crippen molar-refractivity contribution in [2.45, 2.75) is 6.92 Å². The van der Waals surface area contributed by atoms with Gasteiger partial charge in [-0.3, -0.25) is 0 Å². The molecule has 2 N–H and O–H groups in total. The van der Waals surface area contributed by atoms with Crippen LogP contribution in [0.15, 0.2) is 29.4 Å². The number of hydrogen-bond acceptors (Lipinski definition) is 5. The highest BCUT2D eigenvalue weighted by Gasteiger charge is 2.00. The summed E-state index contributed by atoms with van der Waals surface area (Å²) in [6.07, 6.45) is 0. The molecular formula is C12H17NO4. The van der Waals surface area contributed by atoms with Gasteiger partial charge in [-0.05, 0) is 19.1 Å². The van der Waals surface area contributed by atoms with Gasteiger partial charge in [0.15, 0.2) is 0 Å². The van der Waals surface area contributed by atoms with Crippen LogP contribution < -0.4 is 4.74 Å². The minimum Gasteiger partial charge on any atom is -0.491 e. The summed E-state index contributed by atoms with van der Waals surface area (Å²) >= 11 is 0. The smallest absolute Gasteiger partial charge is 0.120 e. The highest BCUT2D eigenvalue weighted by atomic mass is 16.5. The van der Waals surface area contributed by atoms with Crippen LogP contribution in [0, 0.1) is 0 Å². The fraction of sp³-hybridized carbons (Fsp3) is 0.417. The molecule has 0 aliphatic carbocycles. The van der Waals surface area contributed by atoms with Crippen LogP contribution in [-0.2, 0) is 4.74 Å². The average Bonchev–Trinajstić information content (AvgIpc) is 2.38. The van der Waals surface area contributed by atoms with Gasteiger partial charge in [-0.2, -0.15) is 0 Å². The van der Waals surface area contributed by atoms with E-state index in [4.69, 9.17) is 19.8 Å². The summed E-state index contributed by atoms with van der Waals surface area (Å²) in [7, 11) is 0. The number of ether oxygens (including phenoxy) is 2. The monoisotopic (exact) mass is 239 g/mol. The number of aliphatic hydroxyl groups excluding tert-OH is 1. The molecular weight excluding hydrogens is 222 g/mol. The van der Waals surface area contributed by atoms with Gasteiger partial charge in [0.25, 0.3) is 0 Å². The van der Waals surface area contributed by atoms with Crippen molar-refractivity contribution in [3.8, 4) is 5.75 Å². The van der Waals surface area contributed by atoms with Crippen LogP contribution in [0.4, 0.5) is 0 Å². The highest BCUT2D eigenvalue weighted by molar-refractivity contribution is 5.98. The van der Waals surface area contributed by atoms with Crippen LogP contribution >= 0.6 is 0 Å². The third-order valence-electron chi connectivity index (χ3n) is 2.13. The van der Waals surface area contributed by atoms with Crippen molar-refractivity contribution in [2.75, 3.05) is 26.4 Å². The minimum absolute atomic E-state index is 0.0155. The van der Waals surface area contributed by atoms with Crippen LogP contribution in [0.25, 0.3) is 0 Å². The van der Waals surface area contributed by atoms with Crippen molar-refractivity contribution in [2.24, 2.45) is 5.16 Å². The van der Waals surface area contributed by atoms with Gasteiger partial charge in [0.1, 0.15) is 12.4 Å². The zero-order valence-corrected chi connectivity index (χ0v) is 9.80. The lowest BCUT2D eigenvalue weighted by atomic mass is 10.1. The molecule has 1 aromatic rings. The van der Waals surface area contributed by atoms with E-state index < -0.39 is 0 Å². The fourth-order valence-electron chi connectivity index (χ4n) is 1.25. The number of hydrogen-bond donors (Lipinski definition) is 2. The van der Waals surface area contributed by atoms with Gasteiger partial charge in [-0.25, -0.2) is 0 Å². The number of oxime groups is 1. The van der Waals surface area contributed by atoms with Crippen molar-refractivity contribution in [1.82, 2.24) is 0 Å². The Kier molecular flexibility index (Phi) is 6.06. The molecule has 0 saturated heterocycles. The zero-order chi connectivity index (χ0) is 12.5. The van der Waals surface area contributed by atoms with Crippen LogP contribution in [-0.4, -0.2) is 42.5 Å². The molecule has 0 atom stereocenters. The van der Waals surface area contributed by atoms with E-state index in [-0.39, 0.29) is 6.61 Å². The van der Waals surface area contributed by atoms with Crippen molar-refractivity contribution >= 4 is 5.71 Å². The number of nitrogens with zero attached hydrogens (tertiary/aromatic N) is 1. The average molecular weight is 239 g/mol. The first-order chi connectivity index (χ1) is 8.27. The zero-order valence-electron chi connectivity index (χ0n) is 9.80. The largest absolute Gasteiger partial charge is 0.491 e. The van der Waals surface area contributed by atoms with Crippen molar-refractivity contribution in [3.05, 3.63) is 29.8 Å². The summed E-state index contributed by atoms with van der Waals surface area (Å²) in [4.78, 5) is 0. The third-order valence-corrected chi connectivity index (χ3v) is 2.13. The number of aliphatic hydroxyl groups is 1. The van der Waals surface area contributed by atoms with Crippen LogP contribution in [0.5, 0.6) is 5.75 Å². The van der Waals surface area contributed by atoms with Gasteiger partial charge in [0, 0.05) is 5.56 Å². The lowest BCUT2D eigenvalue weighted by molar-refractivity contribution is 0.0705. The van der Waals surface area contributed by atoms with Crippen LogP contribution in [0.1, 0.15) is 12.5 Å². The predicted octanol–water partition coefficient (Wildman–Crippen LogP) is 1.27. The molecule has 0 saturated carbocycles. The van der Waals surface area contributed by atoms with Gasteiger partial charge in [0.2, 0.25) is 0 Å². The second kappa shape index (κ2) is 7.65. The topological polar surface area (TPSA) is 71.3 Å². The van der Waals surface area contributed by atoms with Gasteiger partial charge in [-0.1, -0.05) is 17.3 Å². The van der Waals surface area contributed by atoms with E-state index in [1.807, 2.05) is 18.2 Å². The first kappa shape index (κ1) is 13.5. The second-order valence-corrected chi connectivity index (χ2v) is 3.40. The summed E-state index contributed by atoms with van der Waals surface area (Å²) in [6.45, 7) is 2.89. The lowest BCUT2D eigenvalue weighted by Gasteiger charge is -2.07. The van der Waals surface area contributed by atoms with Gasteiger partial charge >= 0.3 is 0 Å². The Morgan fingerprint density at radius 2 is 2.12 bits per heavy atom. The normalized spacial score (nSPS) is 11.5. The molecule has 5 heteroatoms. The van der Waals surface area contributed by atoms with E-state index in [1.54, 1.807) is 13.0 Å². The molecule has 0 aromatic heterocycles. The van der Waals surface area contributed by atoms with E-state index >= 15 is 0 Å². The maximum atomic E-state index is 8.66. The Balaban J connectivity index is 2.43. The molecule has 0 spiro atoms. The molecule has 0 fully saturated rings. The summed E-state index contributed by atoms with van der Waals surface area (Å²) in [6, 6.07) is 7.28. The van der Waals surface area contributed by atoms with Crippen molar-refractivity contribution in [3.63, 3.8) is 0 Å². The Bertz CT molecular complexity index is 365. The summed E-state index contributed by atoms with van der Waals surface area (Å²) < 4.78 is 10.5. The number of rotatable bonds is 7. The molecule has 0 aliphatic heterocycles. The number of benzene rings is 1. The Morgan fingerprint density at radius 3 is 2.82 bits per heavy atom. The predicted molar refractivity (Wildman–Crippen MR) is 63.8 cm³/mol. The Morgan fingerprint density at radius 1 is 1.29 bits per heavy atom. The van der Waals surface area contributed by atoms with Gasteiger partial charge in [0.05, 0.1) is 25.5 Å². The molecule has 0 radical (unpaired) electrons. The molecule has 17 heavy (non-hydrogen) atoms. The van der Waals surface area contributed by atoms with E-state index in [0.717, 1.165) is 5.56 Å². The standard InChI is InChI=1S/C12H17NO4/c1-10(13-15)11-3-2-4-12(9-11)17-8-7-16-6-5-14/h2-4,9,14-15H,5-8H2,1H3/b13-10+. The van der Waals surface area contributed by atoms with E-state index in [0.29, 0.717) is 31.3 Å². The van der Waals surface area contributed by atoms with Crippen molar-refractivity contribution < 1.29 is 19.8 Å². The van der Waals surface area contributed by atoms with E-state index in [9.17, 15) is 0 Å². The fourth-order valence-corrected chi connectivity index (χ4v) is 1.25. The quantitative estimate of drug-likeness (QED) is 0.325. The molecule has 0 heterocycles. The first-order valence-corrected chi connectivity index (χ1v) is 5.38. The SMILES string of the molecule is C/C(=N\O)c1cccc(OCCOCCO)c1. The Hall–Kier alpha value is -1.59. The third kappa shape index (κ3) is 4.84. The van der Waals surface area contributed by atoms with E-state index in [1.165, 1.54) is 0 Å². The van der Waals surface area contributed by atoms with Crippen LogP contribution in [0.3, 0.4) is 0 Å². The first-order valence-electron chi connectivity index (χ1n) is 5.38. The second-order valence-electron chi connectivity index (χ2n) is 3.40. The highest BCUT2D eigenvalue weighted by Crippen LogP contribution is 2.13. The molecule has 0 amide bonds. The van der Waals surface area contributed by atoms with Crippen molar-refractivity contribution in [1.29, 1.82) is 0 Å². The van der Waals surface area contributed by atoms with E-state index in [2.05, 4.69) is 5.16 Å². The van der Waals surface area contributed by atoms with Gasteiger partial charge in [-0.15, -0.1) is 0 Å². The maximum absolute atomic E-state index is 8.66. The molecule has 0 bridgehead atoms. The van der Waals surface area contributed by atoms with Crippen LogP contribution in [0.2, 0.25) is 0 Å². The minimum atomic E-state index is 0.0155. The molecule has 1 aromatic carbocycles. The molecule has 5 nitrogen and oxygen atoms in total. The summed E-state index contributed by atoms with van der Waals surface area (Å²) in [5.74, 6) is 0.693. The lowest BCUT2D eigenvalue weighted by Crippen LogP contribution is -2.09. The molecule has 94 valence electrons. The maximum Gasteiger partial charge on any atom is 0.120 e. The van der Waals surface area contributed by atoms with Gasteiger partial charge < -0.3 is 19.8 Å².